The predicted octanol–water partition coefficient (Wildman–Crippen LogP) is 1.77. The molecule has 1 N–H and O–H groups in total. The second-order valence-corrected chi connectivity index (χ2v) is 5.34. The molecule has 2 aliphatic rings. The van der Waals surface area contributed by atoms with Crippen molar-refractivity contribution >= 4 is 5.82 Å². The van der Waals surface area contributed by atoms with Crippen molar-refractivity contribution in [2.45, 2.75) is 31.7 Å². The minimum absolute atomic E-state index is 0.523. The van der Waals surface area contributed by atoms with Gasteiger partial charge in [0, 0.05) is 31.2 Å². The highest BCUT2D eigenvalue weighted by Crippen LogP contribution is 2.44. The van der Waals surface area contributed by atoms with Crippen molar-refractivity contribution in [1.29, 1.82) is 0 Å². The highest BCUT2D eigenvalue weighted by molar-refractivity contribution is 5.46. The molecule has 2 fully saturated rings. The molecule has 0 bridgehead atoms. The molecule has 0 aromatic carbocycles. The van der Waals surface area contributed by atoms with Gasteiger partial charge in [-0.25, -0.2) is 0 Å². The molecule has 2 heterocycles. The van der Waals surface area contributed by atoms with Crippen molar-refractivity contribution in [2.24, 2.45) is 0 Å². The Morgan fingerprint density at radius 2 is 2.22 bits per heavy atom. The molecule has 0 amide bonds. The summed E-state index contributed by atoms with van der Waals surface area (Å²) >= 11 is 0. The quantitative estimate of drug-likeness (QED) is 0.883. The fraction of sp³-hybridized carbons (Fsp3) is 0.643. The zero-order valence-corrected chi connectivity index (χ0v) is 11.1. The highest BCUT2D eigenvalue weighted by Gasteiger charge is 2.28. The number of rotatable bonds is 3. The number of nitrogens with zero attached hydrogens (tertiary/aromatic N) is 2. The van der Waals surface area contributed by atoms with E-state index in [1.54, 1.807) is 7.11 Å². The number of pyridine rings is 1. The fourth-order valence-corrected chi connectivity index (χ4v) is 2.63. The van der Waals surface area contributed by atoms with Crippen LogP contribution >= 0.6 is 0 Å². The Balaban J connectivity index is 1.83. The van der Waals surface area contributed by atoms with Gasteiger partial charge in [0.15, 0.2) is 0 Å². The van der Waals surface area contributed by atoms with Crippen LogP contribution in [0.15, 0.2) is 12.1 Å². The van der Waals surface area contributed by atoms with Crippen molar-refractivity contribution in [3.63, 3.8) is 0 Å². The van der Waals surface area contributed by atoms with Crippen LogP contribution < -0.4 is 15.0 Å². The van der Waals surface area contributed by atoms with Gasteiger partial charge in [-0.2, -0.15) is 4.98 Å². The first-order valence-electron chi connectivity index (χ1n) is 6.81. The topological polar surface area (TPSA) is 37.4 Å². The normalized spacial score (nSPS) is 24.1. The number of nitrogens with one attached hydrogen (secondary N) is 1. The predicted molar refractivity (Wildman–Crippen MR) is 72.4 cm³/mol. The van der Waals surface area contributed by atoms with Gasteiger partial charge in [0.2, 0.25) is 5.88 Å². The summed E-state index contributed by atoms with van der Waals surface area (Å²) in [6.07, 6.45) is 2.56. The molecule has 0 unspecified atom stereocenters. The summed E-state index contributed by atoms with van der Waals surface area (Å²) in [4.78, 5) is 7.02. The van der Waals surface area contributed by atoms with Crippen LogP contribution in [0.5, 0.6) is 5.88 Å². The summed E-state index contributed by atoms with van der Waals surface area (Å²) in [6.45, 7) is 5.26. The zero-order chi connectivity index (χ0) is 12.5. The number of ether oxygens (including phenoxy) is 1. The lowest BCUT2D eigenvalue weighted by Gasteiger charge is -2.33. The lowest BCUT2D eigenvalue weighted by molar-refractivity contribution is 0.391. The number of aromatic nitrogens is 1. The Bertz CT molecular complexity index is 431. The zero-order valence-electron chi connectivity index (χ0n) is 11.1. The van der Waals surface area contributed by atoms with Gasteiger partial charge >= 0.3 is 0 Å². The number of hydrogen-bond acceptors (Lipinski definition) is 4. The first-order chi connectivity index (χ1) is 8.78. The van der Waals surface area contributed by atoms with Crippen LogP contribution in [0, 0.1) is 0 Å². The van der Waals surface area contributed by atoms with E-state index in [-0.39, 0.29) is 0 Å². The SMILES string of the molecule is COc1nc(N2CCN[C@H](C)C2)ccc1C1CC1. The van der Waals surface area contributed by atoms with Crippen LogP contribution in [0.1, 0.15) is 31.2 Å². The second kappa shape index (κ2) is 4.76. The summed E-state index contributed by atoms with van der Waals surface area (Å²) in [5.74, 6) is 2.55. The Kier molecular flexibility index (Phi) is 3.12. The standard InChI is InChI=1S/C14H21N3O/c1-10-9-17(8-7-15-10)13-6-5-12(11-3-4-11)14(16-13)18-2/h5-6,10-11,15H,3-4,7-9H2,1-2H3/t10-/m1/s1. The van der Waals surface area contributed by atoms with Gasteiger partial charge in [0.1, 0.15) is 5.82 Å². The molecule has 1 aliphatic carbocycles. The average molecular weight is 247 g/mol. The average Bonchev–Trinajstić information content (AvgIpc) is 3.22. The van der Waals surface area contributed by atoms with Gasteiger partial charge in [-0.05, 0) is 37.8 Å². The minimum Gasteiger partial charge on any atom is -0.481 e. The monoisotopic (exact) mass is 247 g/mol. The lowest BCUT2D eigenvalue weighted by Crippen LogP contribution is -2.49. The van der Waals surface area contributed by atoms with Crippen molar-refractivity contribution in [1.82, 2.24) is 10.3 Å². The largest absolute Gasteiger partial charge is 0.481 e. The molecule has 18 heavy (non-hydrogen) atoms. The van der Waals surface area contributed by atoms with Crippen LogP contribution in [0.25, 0.3) is 0 Å². The van der Waals surface area contributed by atoms with Gasteiger partial charge in [-0.3, -0.25) is 0 Å². The van der Waals surface area contributed by atoms with Crippen molar-refractivity contribution < 1.29 is 4.74 Å². The molecule has 0 spiro atoms. The van der Waals surface area contributed by atoms with E-state index < -0.39 is 0 Å². The van der Waals surface area contributed by atoms with E-state index in [0.29, 0.717) is 12.0 Å². The molecule has 4 heteroatoms. The van der Waals surface area contributed by atoms with E-state index in [0.717, 1.165) is 31.3 Å². The van der Waals surface area contributed by atoms with Gasteiger partial charge in [-0.15, -0.1) is 0 Å². The Morgan fingerprint density at radius 1 is 1.39 bits per heavy atom. The maximum absolute atomic E-state index is 5.45. The molecule has 1 aromatic rings. The molecule has 1 aromatic heterocycles. The van der Waals surface area contributed by atoms with Gasteiger partial charge < -0.3 is 15.0 Å². The third kappa shape index (κ3) is 2.29. The third-order valence-electron chi connectivity index (χ3n) is 3.78. The van der Waals surface area contributed by atoms with E-state index in [1.165, 1.54) is 18.4 Å². The van der Waals surface area contributed by atoms with E-state index >= 15 is 0 Å². The van der Waals surface area contributed by atoms with Crippen LogP contribution in [-0.4, -0.2) is 37.8 Å². The highest BCUT2D eigenvalue weighted by atomic mass is 16.5. The molecular formula is C14H21N3O. The summed E-state index contributed by atoms with van der Waals surface area (Å²) < 4.78 is 5.45. The van der Waals surface area contributed by atoms with Crippen LogP contribution in [-0.2, 0) is 0 Å². The first kappa shape index (κ1) is 11.8. The summed E-state index contributed by atoms with van der Waals surface area (Å²) in [5, 5.41) is 3.45. The maximum atomic E-state index is 5.45. The third-order valence-corrected chi connectivity index (χ3v) is 3.78. The van der Waals surface area contributed by atoms with Crippen molar-refractivity contribution in [2.75, 3.05) is 31.6 Å². The van der Waals surface area contributed by atoms with Gasteiger partial charge in [0.05, 0.1) is 7.11 Å². The second-order valence-electron chi connectivity index (χ2n) is 5.34. The van der Waals surface area contributed by atoms with Crippen molar-refractivity contribution in [3.8, 4) is 5.88 Å². The minimum atomic E-state index is 0.523. The Labute approximate surface area is 108 Å². The molecule has 1 saturated carbocycles. The van der Waals surface area contributed by atoms with E-state index in [9.17, 15) is 0 Å². The molecule has 4 nitrogen and oxygen atoms in total. The molecule has 1 aliphatic heterocycles. The number of piperazine rings is 1. The fourth-order valence-electron chi connectivity index (χ4n) is 2.63. The van der Waals surface area contributed by atoms with Crippen LogP contribution in [0.2, 0.25) is 0 Å². The first-order valence-corrected chi connectivity index (χ1v) is 6.81. The molecule has 3 rings (SSSR count). The Hall–Kier alpha value is -1.29. The van der Waals surface area contributed by atoms with E-state index in [4.69, 9.17) is 4.74 Å². The molecular weight excluding hydrogens is 226 g/mol. The van der Waals surface area contributed by atoms with Gasteiger partial charge in [0.25, 0.3) is 0 Å². The van der Waals surface area contributed by atoms with E-state index in [2.05, 4.69) is 34.3 Å². The maximum Gasteiger partial charge on any atom is 0.218 e. The molecule has 0 radical (unpaired) electrons. The summed E-state index contributed by atoms with van der Waals surface area (Å²) in [7, 11) is 1.72. The van der Waals surface area contributed by atoms with Gasteiger partial charge in [-0.1, -0.05) is 0 Å². The molecule has 1 saturated heterocycles. The number of hydrogen-bond donors (Lipinski definition) is 1. The smallest absolute Gasteiger partial charge is 0.218 e. The van der Waals surface area contributed by atoms with Crippen molar-refractivity contribution in [3.05, 3.63) is 17.7 Å². The molecule has 98 valence electrons. The number of anilines is 1. The Morgan fingerprint density at radius 3 is 2.89 bits per heavy atom. The summed E-state index contributed by atoms with van der Waals surface area (Å²) in [5.41, 5.74) is 1.28. The van der Waals surface area contributed by atoms with Crippen LogP contribution in [0.4, 0.5) is 5.82 Å². The molecule has 1 atom stereocenters. The van der Waals surface area contributed by atoms with Crippen LogP contribution in [0.3, 0.4) is 0 Å². The van der Waals surface area contributed by atoms with E-state index in [1.807, 2.05) is 0 Å². The lowest BCUT2D eigenvalue weighted by atomic mass is 10.1. The summed E-state index contributed by atoms with van der Waals surface area (Å²) in [6, 6.07) is 4.87. The number of methoxy groups -OCH3 is 1.